The van der Waals surface area contributed by atoms with Crippen LogP contribution in [0.2, 0.25) is 0 Å². The molecule has 1 heteroatoms. The summed E-state index contributed by atoms with van der Waals surface area (Å²) in [5, 5.41) is 0. The van der Waals surface area contributed by atoms with Gasteiger partial charge in [0.15, 0.2) is 0 Å². The van der Waals surface area contributed by atoms with E-state index in [1.54, 1.807) is 0 Å². The summed E-state index contributed by atoms with van der Waals surface area (Å²) < 4.78 is 0. The standard InChI is InChI=1S/C19H38O/c1-3-4-5-6-7-10-13-16-19(2)17-14-11-8-9-12-15-18-20/h18-19H,3-17H2,1-2H3. The first-order valence-corrected chi connectivity index (χ1v) is 9.24. The van der Waals surface area contributed by atoms with E-state index >= 15 is 0 Å². The van der Waals surface area contributed by atoms with Crippen LogP contribution in [0, 0.1) is 5.92 Å². The average Bonchev–Trinajstić information content (AvgIpc) is 2.45. The Morgan fingerprint density at radius 1 is 0.700 bits per heavy atom. The molecular weight excluding hydrogens is 244 g/mol. The molecule has 20 heavy (non-hydrogen) atoms. The van der Waals surface area contributed by atoms with Gasteiger partial charge in [0.2, 0.25) is 0 Å². The van der Waals surface area contributed by atoms with Crippen molar-refractivity contribution in [2.75, 3.05) is 0 Å². The van der Waals surface area contributed by atoms with Crippen molar-refractivity contribution >= 4 is 6.29 Å². The van der Waals surface area contributed by atoms with Crippen molar-refractivity contribution < 1.29 is 4.79 Å². The van der Waals surface area contributed by atoms with Gasteiger partial charge in [-0.25, -0.2) is 0 Å². The Bertz CT molecular complexity index is 188. The van der Waals surface area contributed by atoms with Gasteiger partial charge in [-0.1, -0.05) is 97.3 Å². The first-order chi connectivity index (χ1) is 9.81. The smallest absolute Gasteiger partial charge is 0.119 e. The molecule has 0 N–H and O–H groups in total. The Morgan fingerprint density at radius 2 is 1.15 bits per heavy atom. The lowest BCUT2D eigenvalue weighted by molar-refractivity contribution is -0.107. The first-order valence-electron chi connectivity index (χ1n) is 9.24. The first kappa shape index (κ1) is 19.7. The minimum absolute atomic E-state index is 0.759. The molecule has 0 aliphatic carbocycles. The summed E-state index contributed by atoms with van der Waals surface area (Å²) in [6.45, 7) is 4.70. The van der Waals surface area contributed by atoms with Crippen LogP contribution in [0.4, 0.5) is 0 Å². The monoisotopic (exact) mass is 282 g/mol. The molecule has 0 aromatic carbocycles. The van der Waals surface area contributed by atoms with E-state index in [2.05, 4.69) is 13.8 Å². The summed E-state index contributed by atoms with van der Waals surface area (Å²) in [5.41, 5.74) is 0. The van der Waals surface area contributed by atoms with Crippen LogP contribution in [0.5, 0.6) is 0 Å². The SMILES string of the molecule is CCCCCCCCCC(C)CCCCCCCC=O. The van der Waals surface area contributed by atoms with E-state index in [9.17, 15) is 4.79 Å². The predicted molar refractivity (Wildman–Crippen MR) is 90.2 cm³/mol. The summed E-state index contributed by atoms with van der Waals surface area (Å²) in [4.78, 5) is 10.2. The number of rotatable bonds is 16. The van der Waals surface area contributed by atoms with Crippen molar-refractivity contribution in [2.24, 2.45) is 5.92 Å². The molecule has 0 fully saturated rings. The molecule has 0 aromatic rings. The highest BCUT2D eigenvalue weighted by atomic mass is 16.1. The lowest BCUT2D eigenvalue weighted by atomic mass is 9.96. The van der Waals surface area contributed by atoms with E-state index in [-0.39, 0.29) is 0 Å². The summed E-state index contributed by atoms with van der Waals surface area (Å²) >= 11 is 0. The third-order valence-corrected chi connectivity index (χ3v) is 4.32. The maximum Gasteiger partial charge on any atom is 0.119 e. The highest BCUT2D eigenvalue weighted by Gasteiger charge is 2.02. The van der Waals surface area contributed by atoms with Crippen molar-refractivity contribution in [1.29, 1.82) is 0 Å². The molecule has 0 aromatic heterocycles. The third kappa shape index (κ3) is 15.7. The van der Waals surface area contributed by atoms with Gasteiger partial charge in [-0.05, 0) is 12.3 Å². The molecule has 0 aliphatic rings. The van der Waals surface area contributed by atoms with Crippen molar-refractivity contribution in [1.82, 2.24) is 0 Å². The quantitative estimate of drug-likeness (QED) is 0.227. The summed E-state index contributed by atoms with van der Waals surface area (Å²) in [6, 6.07) is 0. The molecule has 1 nitrogen and oxygen atoms in total. The molecule has 120 valence electrons. The Kier molecular flexibility index (Phi) is 16.4. The number of carbonyl (C=O) groups is 1. The second kappa shape index (κ2) is 16.7. The summed E-state index contributed by atoms with van der Waals surface area (Å²) in [5.74, 6) is 0.917. The molecule has 0 saturated heterocycles. The second-order valence-corrected chi connectivity index (χ2v) is 6.53. The minimum atomic E-state index is 0.759. The molecule has 1 atom stereocenters. The molecule has 0 radical (unpaired) electrons. The fraction of sp³-hybridized carbons (Fsp3) is 0.947. The summed E-state index contributed by atoms with van der Waals surface area (Å²) in [7, 11) is 0. The third-order valence-electron chi connectivity index (χ3n) is 4.32. The molecule has 0 heterocycles. The lowest BCUT2D eigenvalue weighted by Crippen LogP contribution is -1.95. The van der Waals surface area contributed by atoms with Gasteiger partial charge >= 0.3 is 0 Å². The van der Waals surface area contributed by atoms with E-state index in [0.717, 1.165) is 25.0 Å². The fourth-order valence-corrected chi connectivity index (χ4v) is 2.85. The number of hydrogen-bond acceptors (Lipinski definition) is 1. The Morgan fingerprint density at radius 3 is 1.65 bits per heavy atom. The van der Waals surface area contributed by atoms with Crippen LogP contribution in [0.3, 0.4) is 0 Å². The summed E-state index contributed by atoms with van der Waals surface area (Å²) in [6.07, 6.45) is 21.0. The number of aldehydes is 1. The van der Waals surface area contributed by atoms with Crippen LogP contribution in [0.15, 0.2) is 0 Å². The maximum atomic E-state index is 10.2. The molecule has 0 rings (SSSR count). The van der Waals surface area contributed by atoms with Gasteiger partial charge in [-0.15, -0.1) is 0 Å². The van der Waals surface area contributed by atoms with Crippen LogP contribution in [0.25, 0.3) is 0 Å². The number of unbranched alkanes of at least 4 members (excludes halogenated alkanes) is 11. The van der Waals surface area contributed by atoms with Gasteiger partial charge in [0, 0.05) is 6.42 Å². The normalized spacial score (nSPS) is 12.5. The van der Waals surface area contributed by atoms with Crippen LogP contribution < -0.4 is 0 Å². The Balaban J connectivity index is 3.12. The van der Waals surface area contributed by atoms with Crippen molar-refractivity contribution in [2.45, 2.75) is 110 Å². The van der Waals surface area contributed by atoms with Crippen molar-refractivity contribution in [3.05, 3.63) is 0 Å². The van der Waals surface area contributed by atoms with E-state index in [0.29, 0.717) is 0 Å². The fourth-order valence-electron chi connectivity index (χ4n) is 2.85. The van der Waals surface area contributed by atoms with Crippen molar-refractivity contribution in [3.8, 4) is 0 Å². The molecule has 1 unspecified atom stereocenters. The highest BCUT2D eigenvalue weighted by molar-refractivity contribution is 5.48. The van der Waals surface area contributed by atoms with Gasteiger partial charge in [-0.3, -0.25) is 0 Å². The van der Waals surface area contributed by atoms with Crippen LogP contribution in [0.1, 0.15) is 110 Å². The van der Waals surface area contributed by atoms with Crippen LogP contribution >= 0.6 is 0 Å². The van der Waals surface area contributed by atoms with E-state index in [4.69, 9.17) is 0 Å². The Hall–Kier alpha value is -0.330. The van der Waals surface area contributed by atoms with E-state index in [1.807, 2.05) is 0 Å². The second-order valence-electron chi connectivity index (χ2n) is 6.53. The molecule has 0 spiro atoms. The van der Waals surface area contributed by atoms with E-state index in [1.165, 1.54) is 83.5 Å². The average molecular weight is 283 g/mol. The zero-order chi connectivity index (χ0) is 14.9. The zero-order valence-corrected chi connectivity index (χ0v) is 14.2. The van der Waals surface area contributed by atoms with Crippen LogP contribution in [-0.2, 0) is 4.79 Å². The molecule has 0 aliphatic heterocycles. The van der Waals surface area contributed by atoms with Gasteiger partial charge in [-0.2, -0.15) is 0 Å². The topological polar surface area (TPSA) is 17.1 Å². The lowest BCUT2D eigenvalue weighted by Gasteiger charge is -2.11. The van der Waals surface area contributed by atoms with E-state index < -0.39 is 0 Å². The largest absolute Gasteiger partial charge is 0.303 e. The predicted octanol–water partition coefficient (Wildman–Crippen LogP) is 6.69. The van der Waals surface area contributed by atoms with Gasteiger partial charge in [0.1, 0.15) is 6.29 Å². The number of hydrogen-bond donors (Lipinski definition) is 0. The molecule has 0 saturated carbocycles. The maximum absolute atomic E-state index is 10.2. The Labute approximate surface area is 127 Å². The molecular formula is C19H38O. The van der Waals surface area contributed by atoms with Crippen LogP contribution in [-0.4, -0.2) is 6.29 Å². The zero-order valence-electron chi connectivity index (χ0n) is 14.2. The number of carbonyl (C=O) groups excluding carboxylic acids is 1. The molecule has 0 bridgehead atoms. The highest BCUT2D eigenvalue weighted by Crippen LogP contribution is 2.18. The minimum Gasteiger partial charge on any atom is -0.303 e. The molecule has 0 amide bonds. The van der Waals surface area contributed by atoms with Gasteiger partial charge in [0.05, 0.1) is 0 Å². The van der Waals surface area contributed by atoms with Gasteiger partial charge in [0.25, 0.3) is 0 Å². The van der Waals surface area contributed by atoms with Crippen molar-refractivity contribution in [3.63, 3.8) is 0 Å². The van der Waals surface area contributed by atoms with Gasteiger partial charge < -0.3 is 4.79 Å².